The van der Waals surface area contributed by atoms with Gasteiger partial charge in [0.05, 0.1) is 26.7 Å². The lowest BCUT2D eigenvalue weighted by molar-refractivity contribution is 0.0917. The maximum absolute atomic E-state index is 12.8. The summed E-state index contributed by atoms with van der Waals surface area (Å²) in [7, 11) is 2.76. The number of carbonyl (C=O) groups excluding carboxylic acids is 1. The zero-order chi connectivity index (χ0) is 16.4. The molecule has 3 aromatic rings. The van der Waals surface area contributed by atoms with Crippen LogP contribution < -0.4 is 16.9 Å². The number of hydrogen-bond acceptors (Lipinski definition) is 6. The molecule has 0 fully saturated rings. The molecule has 0 bridgehead atoms. The Hall–Kier alpha value is -2.35. The highest BCUT2D eigenvalue weighted by Gasteiger charge is 2.12. The Balaban J connectivity index is 2.72. The Morgan fingerprint density at radius 3 is 1.74 bits per heavy atom. The van der Waals surface area contributed by atoms with Crippen molar-refractivity contribution in [1.29, 1.82) is 0 Å². The van der Waals surface area contributed by atoms with E-state index in [1.165, 1.54) is 20.7 Å². The minimum absolute atomic E-state index is 0.313. The van der Waals surface area contributed by atoms with E-state index in [-0.39, 0.29) is 0 Å². The van der Waals surface area contributed by atoms with Gasteiger partial charge in [0.15, 0.2) is 0 Å². The number of nitrogens with two attached hydrogens (primary N) is 1. The molecule has 0 amide bonds. The summed E-state index contributed by atoms with van der Waals surface area (Å²) in [6.45, 7) is -0.415. The molecule has 0 aliphatic rings. The molecule has 1 aromatic heterocycles. The van der Waals surface area contributed by atoms with Crippen LogP contribution in [0.1, 0.15) is 4.79 Å². The predicted molar refractivity (Wildman–Crippen MR) is 95.0 cm³/mol. The summed E-state index contributed by atoms with van der Waals surface area (Å²) >= 11 is 0. The Labute approximate surface area is 137 Å². The van der Waals surface area contributed by atoms with Gasteiger partial charge in [-0.25, -0.2) is 4.57 Å². The van der Waals surface area contributed by atoms with E-state index in [1.54, 1.807) is 48.5 Å². The fourth-order valence-corrected chi connectivity index (χ4v) is 4.52. The molecule has 0 saturated carbocycles. The highest BCUT2D eigenvalue weighted by atomic mass is 32.9. The molecule has 0 saturated heterocycles. The Morgan fingerprint density at radius 1 is 0.870 bits per heavy atom. The number of carbonyl (C=O) groups is 1. The average molecular weight is 344 g/mol. The predicted octanol–water partition coefficient (Wildman–Crippen LogP) is 2.36. The van der Waals surface area contributed by atoms with Gasteiger partial charge < -0.3 is 5.73 Å². The van der Waals surface area contributed by atoms with Crippen molar-refractivity contribution >= 4 is 46.8 Å². The van der Waals surface area contributed by atoms with Gasteiger partial charge in [-0.3, -0.25) is 14.4 Å². The monoisotopic (exact) mass is 344 g/mol. The minimum atomic E-state index is -0.721. The van der Waals surface area contributed by atoms with Crippen LogP contribution in [0.5, 0.6) is 0 Å². The van der Waals surface area contributed by atoms with Crippen molar-refractivity contribution in [2.24, 2.45) is 5.73 Å². The standard InChI is InChI=1S/C16H12N2O3S2/c17-9-14(19)18-15(20)10-5-1-3-7-12(10)22-23-13-8-4-2-6-11(13)16(18)21/h1-8H,9,17H2. The molecule has 2 aromatic carbocycles. The molecule has 116 valence electrons. The molecule has 0 spiro atoms. The smallest absolute Gasteiger partial charge is 0.269 e. The first-order chi connectivity index (χ1) is 11.1. The van der Waals surface area contributed by atoms with Crippen molar-refractivity contribution < 1.29 is 4.79 Å². The zero-order valence-electron chi connectivity index (χ0n) is 11.9. The molecule has 0 aliphatic heterocycles. The highest BCUT2D eigenvalue weighted by Crippen LogP contribution is 2.21. The van der Waals surface area contributed by atoms with Crippen LogP contribution in [0.3, 0.4) is 0 Å². The van der Waals surface area contributed by atoms with Crippen LogP contribution in [0.4, 0.5) is 0 Å². The normalized spacial score (nSPS) is 10.7. The number of nitrogens with zero attached hydrogens (tertiary/aromatic N) is 1. The third-order valence-corrected chi connectivity index (χ3v) is 5.77. The largest absolute Gasteiger partial charge is 0.322 e. The first-order valence-electron chi connectivity index (χ1n) is 6.77. The molecule has 5 nitrogen and oxygen atoms in total. The molecule has 0 unspecified atom stereocenters. The summed E-state index contributed by atoms with van der Waals surface area (Å²) in [5.74, 6) is -0.721. The van der Waals surface area contributed by atoms with E-state index in [0.29, 0.717) is 24.7 Å². The molecule has 2 N–H and O–H groups in total. The molecular weight excluding hydrogens is 332 g/mol. The first-order valence-corrected chi connectivity index (χ1v) is 8.92. The number of rotatable bonds is 1. The lowest BCUT2D eigenvalue weighted by Crippen LogP contribution is -2.39. The maximum atomic E-state index is 12.8. The molecule has 0 atom stereocenters. The summed E-state index contributed by atoms with van der Waals surface area (Å²) in [5.41, 5.74) is 4.10. The van der Waals surface area contributed by atoms with E-state index in [4.69, 9.17) is 5.73 Å². The molecule has 1 heterocycles. The Bertz CT molecular complexity index is 1000. The van der Waals surface area contributed by atoms with Gasteiger partial charge in [0.25, 0.3) is 11.1 Å². The van der Waals surface area contributed by atoms with Crippen LogP contribution in [0.2, 0.25) is 0 Å². The number of aromatic nitrogens is 1. The van der Waals surface area contributed by atoms with Crippen LogP contribution >= 0.6 is 20.7 Å². The van der Waals surface area contributed by atoms with Gasteiger partial charge in [-0.15, -0.1) is 0 Å². The van der Waals surface area contributed by atoms with E-state index in [9.17, 15) is 14.4 Å². The van der Waals surface area contributed by atoms with Crippen LogP contribution in [-0.2, 0) is 0 Å². The number of hydrogen-bond donors (Lipinski definition) is 1. The summed E-state index contributed by atoms with van der Waals surface area (Å²) < 4.78 is 2.04. The van der Waals surface area contributed by atoms with E-state index >= 15 is 0 Å². The number of benzene rings is 2. The lowest BCUT2D eigenvalue weighted by atomic mass is 10.2. The molecule has 7 heteroatoms. The van der Waals surface area contributed by atoms with Crippen LogP contribution in [0.15, 0.2) is 58.1 Å². The fraction of sp³-hybridized carbons (Fsp3) is 0.0625. The Kier molecular flexibility index (Phi) is 4.33. The van der Waals surface area contributed by atoms with Crippen LogP contribution in [-0.4, -0.2) is 17.0 Å². The summed E-state index contributed by atoms with van der Waals surface area (Å²) in [5, 5.41) is 0.626. The minimum Gasteiger partial charge on any atom is -0.322 e. The Morgan fingerprint density at radius 2 is 1.30 bits per heavy atom. The molecule has 0 radical (unpaired) electrons. The van der Waals surface area contributed by atoms with Crippen molar-refractivity contribution in [3.05, 3.63) is 69.2 Å². The van der Waals surface area contributed by atoms with E-state index in [2.05, 4.69) is 0 Å². The lowest BCUT2D eigenvalue weighted by Gasteiger charge is -1.99. The van der Waals surface area contributed by atoms with Crippen molar-refractivity contribution in [3.8, 4) is 0 Å². The summed E-state index contributed by atoms with van der Waals surface area (Å²) in [6, 6.07) is 13.8. The number of fused-ring (bicyclic) bond motifs is 2. The summed E-state index contributed by atoms with van der Waals surface area (Å²) in [6.07, 6.45) is 0. The second-order valence-electron chi connectivity index (χ2n) is 4.70. The van der Waals surface area contributed by atoms with Gasteiger partial charge >= 0.3 is 0 Å². The van der Waals surface area contributed by atoms with Gasteiger partial charge in [0.1, 0.15) is 0 Å². The molecule has 0 aliphatic carbocycles. The average Bonchev–Trinajstić information content (AvgIpc) is 2.63. The van der Waals surface area contributed by atoms with E-state index in [0.717, 1.165) is 0 Å². The molecule has 3 rings (SSSR count). The van der Waals surface area contributed by atoms with Crippen molar-refractivity contribution in [3.63, 3.8) is 0 Å². The van der Waals surface area contributed by atoms with Gasteiger partial charge in [-0.05, 0) is 24.3 Å². The fourth-order valence-electron chi connectivity index (χ4n) is 2.17. The van der Waals surface area contributed by atoms with Gasteiger partial charge in [-0.2, -0.15) is 0 Å². The van der Waals surface area contributed by atoms with Gasteiger partial charge in [-0.1, -0.05) is 44.9 Å². The van der Waals surface area contributed by atoms with Gasteiger partial charge in [0, 0.05) is 0 Å². The third kappa shape index (κ3) is 2.81. The topological polar surface area (TPSA) is 82.2 Å². The van der Waals surface area contributed by atoms with Crippen LogP contribution in [0, 0.1) is 0 Å². The second-order valence-corrected chi connectivity index (χ2v) is 6.92. The van der Waals surface area contributed by atoms with Crippen molar-refractivity contribution in [1.82, 2.24) is 4.57 Å². The van der Waals surface area contributed by atoms with Crippen molar-refractivity contribution in [2.75, 3.05) is 6.54 Å². The highest BCUT2D eigenvalue weighted by molar-refractivity contribution is 7.73. The quantitative estimate of drug-likeness (QED) is 0.687. The van der Waals surface area contributed by atoms with E-state index in [1.807, 2.05) is 0 Å². The van der Waals surface area contributed by atoms with Gasteiger partial charge in [0.2, 0.25) is 5.91 Å². The molecule has 23 heavy (non-hydrogen) atoms. The van der Waals surface area contributed by atoms with E-state index < -0.39 is 23.6 Å². The zero-order valence-corrected chi connectivity index (χ0v) is 13.5. The third-order valence-electron chi connectivity index (χ3n) is 3.29. The molecular formula is C16H12N2O3S2. The summed E-state index contributed by atoms with van der Waals surface area (Å²) in [4.78, 5) is 37.7. The first kappa shape index (κ1) is 15.5. The van der Waals surface area contributed by atoms with Crippen LogP contribution in [0.25, 0.3) is 20.2 Å². The van der Waals surface area contributed by atoms with Crippen molar-refractivity contribution in [2.45, 2.75) is 0 Å². The SMILES string of the molecule is NCC(=O)n1c(=O)c2ccccc2ssc2ccccc2c1=O. The maximum Gasteiger partial charge on any atom is 0.269 e. The second kappa shape index (κ2) is 6.41.